The van der Waals surface area contributed by atoms with E-state index >= 15 is 0 Å². The minimum absolute atomic E-state index is 0.0183. The van der Waals surface area contributed by atoms with Gasteiger partial charge >= 0.3 is 0 Å². The summed E-state index contributed by atoms with van der Waals surface area (Å²) in [5.74, 6) is 0.445. The molecule has 1 aromatic rings. The second-order valence-electron chi connectivity index (χ2n) is 5.60. The highest BCUT2D eigenvalue weighted by molar-refractivity contribution is 5.88. The van der Waals surface area contributed by atoms with Gasteiger partial charge in [0.25, 0.3) is 0 Å². The lowest BCUT2D eigenvalue weighted by atomic mass is 10.1. The van der Waals surface area contributed by atoms with Crippen molar-refractivity contribution in [2.45, 2.75) is 32.9 Å². The van der Waals surface area contributed by atoms with Gasteiger partial charge in [-0.05, 0) is 6.92 Å². The van der Waals surface area contributed by atoms with E-state index in [4.69, 9.17) is 0 Å². The Morgan fingerprint density at radius 2 is 2.09 bits per heavy atom. The lowest BCUT2D eigenvalue weighted by Crippen LogP contribution is -2.60. The van der Waals surface area contributed by atoms with E-state index in [1.54, 1.807) is 11.1 Å². The largest absolute Gasteiger partial charge is 0.357 e. The van der Waals surface area contributed by atoms with Crippen LogP contribution >= 0.6 is 0 Å². The van der Waals surface area contributed by atoms with Gasteiger partial charge in [0, 0.05) is 52.4 Å². The first kappa shape index (κ1) is 17.0. The number of hydrogen-bond acceptors (Lipinski definition) is 4. The number of hydrogen-bond donors (Lipinski definition) is 1. The zero-order chi connectivity index (χ0) is 17.0. The van der Waals surface area contributed by atoms with E-state index in [1.165, 1.54) is 18.9 Å². The molecule has 1 N–H and O–H groups in total. The van der Waals surface area contributed by atoms with Crippen LogP contribution in [0, 0.1) is 6.92 Å². The zero-order valence-electron chi connectivity index (χ0n) is 13.8. The SMILES string of the molecule is CNC(=O)[C@@H]1CN(C(=O)CCn2ccnc2C)CCN1C(C)=O. The molecule has 126 valence electrons. The van der Waals surface area contributed by atoms with E-state index in [0.717, 1.165) is 5.82 Å². The van der Waals surface area contributed by atoms with Gasteiger partial charge in [-0.3, -0.25) is 14.4 Å². The summed E-state index contributed by atoms with van der Waals surface area (Å²) in [5, 5.41) is 2.56. The van der Waals surface area contributed by atoms with Crippen LogP contribution in [0.1, 0.15) is 19.2 Å². The number of aryl methyl sites for hydroxylation is 2. The molecule has 23 heavy (non-hydrogen) atoms. The van der Waals surface area contributed by atoms with Crippen LogP contribution in [0.5, 0.6) is 0 Å². The molecule has 0 unspecified atom stereocenters. The molecule has 0 bridgehead atoms. The first-order chi connectivity index (χ1) is 10.9. The van der Waals surface area contributed by atoms with Crippen molar-refractivity contribution in [2.75, 3.05) is 26.7 Å². The predicted molar refractivity (Wildman–Crippen MR) is 83.4 cm³/mol. The van der Waals surface area contributed by atoms with Crippen LogP contribution in [-0.4, -0.2) is 69.8 Å². The fourth-order valence-electron chi connectivity index (χ4n) is 2.79. The van der Waals surface area contributed by atoms with Gasteiger partial charge in [0.15, 0.2) is 0 Å². The number of amides is 3. The normalized spacial score (nSPS) is 18.0. The monoisotopic (exact) mass is 321 g/mol. The highest BCUT2D eigenvalue weighted by atomic mass is 16.2. The van der Waals surface area contributed by atoms with Crippen LogP contribution < -0.4 is 5.32 Å². The van der Waals surface area contributed by atoms with E-state index in [9.17, 15) is 14.4 Å². The number of carbonyl (C=O) groups is 3. The van der Waals surface area contributed by atoms with Crippen LogP contribution in [-0.2, 0) is 20.9 Å². The number of nitrogens with one attached hydrogen (secondary N) is 1. The second-order valence-corrected chi connectivity index (χ2v) is 5.60. The third-order valence-electron chi connectivity index (χ3n) is 4.18. The first-order valence-electron chi connectivity index (χ1n) is 7.68. The smallest absolute Gasteiger partial charge is 0.244 e. The third-order valence-corrected chi connectivity index (χ3v) is 4.18. The molecule has 8 nitrogen and oxygen atoms in total. The zero-order valence-corrected chi connectivity index (χ0v) is 13.8. The summed E-state index contributed by atoms with van der Waals surface area (Å²) in [7, 11) is 1.53. The number of piperazine rings is 1. The average molecular weight is 321 g/mol. The minimum atomic E-state index is -0.620. The molecule has 1 atom stereocenters. The topological polar surface area (TPSA) is 87.5 Å². The third kappa shape index (κ3) is 3.88. The van der Waals surface area contributed by atoms with Crippen LogP contribution in [0.4, 0.5) is 0 Å². The van der Waals surface area contributed by atoms with Crippen molar-refractivity contribution >= 4 is 17.7 Å². The Bertz CT molecular complexity index is 598. The number of imidazole rings is 1. The highest BCUT2D eigenvalue weighted by Gasteiger charge is 2.34. The Balaban J connectivity index is 1.97. The Hall–Kier alpha value is -2.38. The van der Waals surface area contributed by atoms with Crippen molar-refractivity contribution in [3.8, 4) is 0 Å². The van der Waals surface area contributed by atoms with E-state index < -0.39 is 6.04 Å². The minimum Gasteiger partial charge on any atom is -0.357 e. The summed E-state index contributed by atoms with van der Waals surface area (Å²) >= 11 is 0. The summed E-state index contributed by atoms with van der Waals surface area (Å²) in [6, 6.07) is -0.620. The summed E-state index contributed by atoms with van der Waals surface area (Å²) < 4.78 is 1.92. The van der Waals surface area contributed by atoms with Crippen LogP contribution in [0.3, 0.4) is 0 Å². The summed E-state index contributed by atoms with van der Waals surface area (Å²) in [6.45, 7) is 4.95. The number of aromatic nitrogens is 2. The van der Waals surface area contributed by atoms with Gasteiger partial charge in [-0.2, -0.15) is 0 Å². The van der Waals surface area contributed by atoms with Gasteiger partial charge in [-0.25, -0.2) is 4.98 Å². The van der Waals surface area contributed by atoms with Gasteiger partial charge < -0.3 is 19.7 Å². The molecule has 1 fully saturated rings. The molecule has 0 aliphatic carbocycles. The molecule has 2 heterocycles. The molecule has 1 aliphatic heterocycles. The molecule has 0 radical (unpaired) electrons. The standard InChI is InChI=1S/C15H23N5O3/c1-11-17-5-7-18(11)6-4-14(22)19-8-9-20(12(2)21)13(10-19)15(23)16-3/h5,7,13H,4,6,8-10H2,1-3H3,(H,16,23)/t13-/m0/s1. The van der Waals surface area contributed by atoms with Gasteiger partial charge in [0.1, 0.15) is 11.9 Å². The molecule has 0 aromatic carbocycles. The molecule has 1 saturated heterocycles. The number of carbonyl (C=O) groups excluding carboxylic acids is 3. The van der Waals surface area contributed by atoms with Crippen molar-refractivity contribution in [3.05, 3.63) is 18.2 Å². The molecule has 1 aromatic heterocycles. The fourth-order valence-corrected chi connectivity index (χ4v) is 2.79. The maximum absolute atomic E-state index is 12.4. The molecular weight excluding hydrogens is 298 g/mol. The van der Waals surface area contributed by atoms with Crippen LogP contribution in [0.15, 0.2) is 12.4 Å². The number of rotatable bonds is 4. The molecule has 0 spiro atoms. The van der Waals surface area contributed by atoms with E-state index in [1.807, 2.05) is 17.7 Å². The number of nitrogens with zero attached hydrogens (tertiary/aromatic N) is 4. The van der Waals surface area contributed by atoms with Crippen LogP contribution in [0.2, 0.25) is 0 Å². The predicted octanol–water partition coefficient (Wildman–Crippen LogP) is -0.613. The molecule has 0 saturated carbocycles. The van der Waals surface area contributed by atoms with Crippen molar-refractivity contribution in [2.24, 2.45) is 0 Å². The molecule has 1 aliphatic rings. The van der Waals surface area contributed by atoms with Gasteiger partial charge in [-0.1, -0.05) is 0 Å². The molecule has 8 heteroatoms. The van der Waals surface area contributed by atoms with E-state index in [2.05, 4.69) is 10.3 Å². The lowest BCUT2D eigenvalue weighted by Gasteiger charge is -2.40. The van der Waals surface area contributed by atoms with Crippen LogP contribution in [0.25, 0.3) is 0 Å². The molecule has 2 rings (SSSR count). The Morgan fingerprint density at radius 3 is 2.65 bits per heavy atom. The summed E-state index contributed by atoms with van der Waals surface area (Å²) in [5.41, 5.74) is 0. The van der Waals surface area contributed by atoms with Crippen molar-refractivity contribution in [3.63, 3.8) is 0 Å². The van der Waals surface area contributed by atoms with Gasteiger partial charge in [-0.15, -0.1) is 0 Å². The summed E-state index contributed by atoms with van der Waals surface area (Å²) in [6.07, 6.45) is 3.88. The number of likely N-dealkylation sites (N-methyl/N-ethyl adjacent to an activating group) is 1. The maximum Gasteiger partial charge on any atom is 0.244 e. The van der Waals surface area contributed by atoms with E-state index in [0.29, 0.717) is 26.1 Å². The Labute approximate surface area is 135 Å². The maximum atomic E-state index is 12.4. The lowest BCUT2D eigenvalue weighted by molar-refractivity contribution is -0.147. The van der Waals surface area contributed by atoms with Crippen molar-refractivity contribution in [1.82, 2.24) is 24.7 Å². The Kier molecular flexibility index (Phi) is 5.36. The second kappa shape index (κ2) is 7.26. The van der Waals surface area contributed by atoms with Gasteiger partial charge in [0.2, 0.25) is 17.7 Å². The Morgan fingerprint density at radius 1 is 1.35 bits per heavy atom. The van der Waals surface area contributed by atoms with Crippen molar-refractivity contribution in [1.29, 1.82) is 0 Å². The van der Waals surface area contributed by atoms with E-state index in [-0.39, 0.29) is 24.3 Å². The first-order valence-corrected chi connectivity index (χ1v) is 7.68. The average Bonchev–Trinajstić information content (AvgIpc) is 2.96. The van der Waals surface area contributed by atoms with Gasteiger partial charge in [0.05, 0.1) is 6.54 Å². The summed E-state index contributed by atoms with van der Waals surface area (Å²) in [4.78, 5) is 43.3. The molecular formula is C15H23N5O3. The van der Waals surface area contributed by atoms with Crippen molar-refractivity contribution < 1.29 is 14.4 Å². The quantitative estimate of drug-likeness (QED) is 0.801. The fraction of sp³-hybridized carbons (Fsp3) is 0.600. The highest BCUT2D eigenvalue weighted by Crippen LogP contribution is 2.12. The molecule has 3 amide bonds.